The Balaban J connectivity index is 1.51. The van der Waals surface area contributed by atoms with Crippen LogP contribution in [-0.2, 0) is 4.79 Å². The van der Waals surface area contributed by atoms with Crippen LogP contribution >= 0.6 is 27.5 Å². The fourth-order valence-corrected chi connectivity index (χ4v) is 4.34. The maximum absolute atomic E-state index is 13.5. The van der Waals surface area contributed by atoms with Crippen molar-refractivity contribution in [2.24, 2.45) is 5.10 Å². The Morgan fingerprint density at radius 3 is 2.51 bits per heavy atom. The average molecular weight is 599 g/mol. The first kappa shape index (κ1) is 26.3. The monoisotopic (exact) mass is 597 g/mol. The topological polar surface area (TPSA) is 73.6 Å². The number of hydrogen-bond donors (Lipinski definition) is 0. The van der Waals surface area contributed by atoms with E-state index < -0.39 is 5.97 Å². The van der Waals surface area contributed by atoms with Gasteiger partial charge in [-0.2, -0.15) is 9.78 Å². The zero-order valence-corrected chi connectivity index (χ0v) is 23.1. The zero-order chi connectivity index (χ0) is 27.4. The molecule has 1 heterocycles. The van der Waals surface area contributed by atoms with E-state index in [0.717, 1.165) is 21.2 Å². The average Bonchev–Trinajstić information content (AvgIpc) is 2.94. The second kappa shape index (κ2) is 11.6. The molecule has 0 saturated heterocycles. The first-order valence-electron chi connectivity index (χ1n) is 12.0. The van der Waals surface area contributed by atoms with Crippen molar-refractivity contribution in [1.29, 1.82) is 0 Å². The Morgan fingerprint density at radius 2 is 1.74 bits per heavy atom. The minimum Gasteiger partial charge on any atom is -0.423 e. The zero-order valence-electron chi connectivity index (χ0n) is 20.7. The molecule has 0 aliphatic rings. The second-order valence-corrected chi connectivity index (χ2v) is 10.0. The lowest BCUT2D eigenvalue weighted by Gasteiger charge is -2.10. The van der Waals surface area contributed by atoms with Crippen molar-refractivity contribution in [1.82, 2.24) is 9.66 Å². The van der Waals surface area contributed by atoms with Gasteiger partial charge in [0.1, 0.15) is 5.75 Å². The van der Waals surface area contributed by atoms with Crippen LogP contribution in [0.3, 0.4) is 0 Å². The van der Waals surface area contributed by atoms with Gasteiger partial charge in [0.25, 0.3) is 5.56 Å². The summed E-state index contributed by atoms with van der Waals surface area (Å²) in [5, 5.41) is 5.56. The Hall–Kier alpha value is -4.33. The number of carbonyl (C=O) groups is 1. The fourth-order valence-electron chi connectivity index (χ4n) is 3.83. The number of rotatable bonds is 6. The lowest BCUT2D eigenvalue weighted by molar-refractivity contribution is -0.128. The SMILES string of the molecule is Cc1ccc(-c2nc3ccccc3c(=O)n2N=Cc2cc(Br)ccc2OC(=O)/C=C/c2ccc(Cl)cc2)cc1. The molecule has 0 fully saturated rings. The Labute approximate surface area is 238 Å². The molecule has 0 saturated carbocycles. The lowest BCUT2D eigenvalue weighted by Crippen LogP contribution is -2.20. The number of esters is 1. The highest BCUT2D eigenvalue weighted by molar-refractivity contribution is 9.10. The summed E-state index contributed by atoms with van der Waals surface area (Å²) in [5.41, 5.74) is 3.39. The van der Waals surface area contributed by atoms with Crippen LogP contribution < -0.4 is 10.3 Å². The van der Waals surface area contributed by atoms with Crippen LogP contribution in [0, 0.1) is 6.92 Å². The third-order valence-corrected chi connectivity index (χ3v) is 6.59. The highest BCUT2D eigenvalue weighted by Gasteiger charge is 2.13. The molecule has 0 N–H and O–H groups in total. The number of halogens is 2. The third-order valence-electron chi connectivity index (χ3n) is 5.84. The maximum atomic E-state index is 13.5. The van der Waals surface area contributed by atoms with Gasteiger partial charge in [-0.1, -0.05) is 81.6 Å². The third kappa shape index (κ3) is 6.22. The molecular weight excluding hydrogens is 578 g/mol. The van der Waals surface area contributed by atoms with Gasteiger partial charge < -0.3 is 4.74 Å². The predicted octanol–water partition coefficient (Wildman–Crippen LogP) is 7.29. The summed E-state index contributed by atoms with van der Waals surface area (Å²) in [6.07, 6.45) is 4.45. The van der Waals surface area contributed by atoms with E-state index in [-0.39, 0.29) is 11.3 Å². The van der Waals surface area contributed by atoms with E-state index in [1.165, 1.54) is 17.0 Å². The molecule has 5 rings (SSSR count). The molecule has 8 heteroatoms. The summed E-state index contributed by atoms with van der Waals surface area (Å²) in [6, 6.07) is 27.1. The van der Waals surface area contributed by atoms with E-state index in [4.69, 9.17) is 21.3 Å². The highest BCUT2D eigenvalue weighted by Crippen LogP contribution is 2.24. The molecule has 1 aromatic heterocycles. The van der Waals surface area contributed by atoms with Gasteiger partial charge in [0, 0.05) is 26.7 Å². The van der Waals surface area contributed by atoms with Crippen LogP contribution in [0.5, 0.6) is 5.75 Å². The maximum Gasteiger partial charge on any atom is 0.336 e. The van der Waals surface area contributed by atoms with E-state index in [0.29, 0.717) is 27.3 Å². The van der Waals surface area contributed by atoms with E-state index in [1.807, 2.05) is 37.3 Å². The van der Waals surface area contributed by atoms with Gasteiger partial charge in [-0.15, -0.1) is 0 Å². The smallest absolute Gasteiger partial charge is 0.336 e. The molecule has 6 nitrogen and oxygen atoms in total. The van der Waals surface area contributed by atoms with Gasteiger partial charge in [-0.3, -0.25) is 4.79 Å². The van der Waals surface area contributed by atoms with Crippen LogP contribution in [0.2, 0.25) is 5.02 Å². The van der Waals surface area contributed by atoms with Gasteiger partial charge in [0.05, 0.1) is 17.1 Å². The quantitative estimate of drug-likeness (QED) is 0.0891. The minimum atomic E-state index is -0.563. The molecule has 39 heavy (non-hydrogen) atoms. The van der Waals surface area contributed by atoms with Gasteiger partial charge in [0.15, 0.2) is 5.82 Å². The molecule has 0 bridgehead atoms. The summed E-state index contributed by atoms with van der Waals surface area (Å²) in [6.45, 7) is 1.99. The first-order chi connectivity index (χ1) is 18.9. The Kier molecular flexibility index (Phi) is 7.81. The van der Waals surface area contributed by atoms with Crippen LogP contribution in [-0.4, -0.2) is 21.8 Å². The van der Waals surface area contributed by atoms with Crippen molar-refractivity contribution in [3.63, 3.8) is 0 Å². The van der Waals surface area contributed by atoms with Crippen LogP contribution in [0.15, 0.2) is 111 Å². The number of fused-ring (bicyclic) bond motifs is 1. The second-order valence-electron chi connectivity index (χ2n) is 8.67. The molecular formula is C31H21BrClN3O3. The van der Waals surface area contributed by atoms with Crippen molar-refractivity contribution in [3.05, 3.63) is 134 Å². The van der Waals surface area contributed by atoms with Gasteiger partial charge >= 0.3 is 5.97 Å². The number of ether oxygens (including phenoxy) is 1. The number of nitrogens with zero attached hydrogens (tertiary/aromatic N) is 3. The summed E-state index contributed by atoms with van der Waals surface area (Å²) in [5.74, 6) is 0.118. The molecule has 0 unspecified atom stereocenters. The number of aromatic nitrogens is 2. The van der Waals surface area contributed by atoms with Crippen LogP contribution in [0.1, 0.15) is 16.7 Å². The Morgan fingerprint density at radius 1 is 1.00 bits per heavy atom. The number of benzene rings is 4. The molecule has 4 aromatic carbocycles. The van der Waals surface area contributed by atoms with Crippen LogP contribution in [0.4, 0.5) is 0 Å². The molecule has 0 aliphatic heterocycles. The van der Waals surface area contributed by atoms with Crippen LogP contribution in [0.25, 0.3) is 28.4 Å². The fraction of sp³-hybridized carbons (Fsp3) is 0.0323. The molecule has 5 aromatic rings. The lowest BCUT2D eigenvalue weighted by atomic mass is 10.1. The first-order valence-corrected chi connectivity index (χ1v) is 13.1. The summed E-state index contributed by atoms with van der Waals surface area (Å²) >= 11 is 9.37. The molecule has 0 spiro atoms. The summed E-state index contributed by atoms with van der Waals surface area (Å²) in [4.78, 5) is 30.8. The molecule has 0 aliphatic carbocycles. The van der Waals surface area contributed by atoms with Crippen molar-refractivity contribution in [3.8, 4) is 17.1 Å². The van der Waals surface area contributed by atoms with Gasteiger partial charge in [-0.05, 0) is 61.0 Å². The predicted molar refractivity (Wildman–Crippen MR) is 159 cm³/mol. The number of aryl methyl sites for hydroxylation is 1. The van der Waals surface area contributed by atoms with E-state index in [9.17, 15) is 9.59 Å². The van der Waals surface area contributed by atoms with Crippen molar-refractivity contribution in [2.75, 3.05) is 0 Å². The van der Waals surface area contributed by atoms with Crippen molar-refractivity contribution in [2.45, 2.75) is 6.92 Å². The molecule has 0 atom stereocenters. The van der Waals surface area contributed by atoms with Gasteiger partial charge in [0.2, 0.25) is 0 Å². The van der Waals surface area contributed by atoms with E-state index >= 15 is 0 Å². The largest absolute Gasteiger partial charge is 0.423 e. The van der Waals surface area contributed by atoms with Gasteiger partial charge in [-0.25, -0.2) is 9.78 Å². The molecule has 0 radical (unpaired) electrons. The number of para-hydroxylation sites is 1. The summed E-state index contributed by atoms with van der Waals surface area (Å²) < 4.78 is 7.61. The highest BCUT2D eigenvalue weighted by atomic mass is 79.9. The van der Waals surface area contributed by atoms with Crippen molar-refractivity contribution >= 4 is 56.7 Å². The Bertz CT molecular complexity index is 1790. The van der Waals surface area contributed by atoms with E-state index in [2.05, 4.69) is 21.0 Å². The van der Waals surface area contributed by atoms with Crippen molar-refractivity contribution < 1.29 is 9.53 Å². The number of hydrogen-bond acceptors (Lipinski definition) is 5. The number of carbonyl (C=O) groups excluding carboxylic acids is 1. The normalized spacial score (nSPS) is 11.5. The standard InChI is InChI=1S/C31H21BrClN3O3/c1-20-6-11-22(12-7-20)30-35-27-5-3-2-4-26(27)31(38)36(30)34-19-23-18-24(32)13-16-28(23)39-29(37)17-10-21-8-14-25(33)15-9-21/h2-19H,1H3/b17-10+,34-19?. The molecule has 192 valence electrons. The molecule has 0 amide bonds. The van der Waals surface area contributed by atoms with E-state index in [1.54, 1.807) is 66.7 Å². The summed E-state index contributed by atoms with van der Waals surface area (Å²) in [7, 11) is 0. The minimum absolute atomic E-state index is 0.284.